The molecule has 21 aromatic rings. The number of aromatic nitrogens is 4. The van der Waals surface area contributed by atoms with Gasteiger partial charge in [-0.15, -0.1) is 22.7 Å². The van der Waals surface area contributed by atoms with E-state index in [1.165, 1.54) is 184 Å². The highest BCUT2D eigenvalue weighted by molar-refractivity contribution is 7.26. The maximum atomic E-state index is 2.41. The molecule has 0 aliphatic rings. The second-order valence-corrected chi connectivity index (χ2v) is 27.3. The van der Waals surface area contributed by atoms with Crippen molar-refractivity contribution in [1.29, 1.82) is 0 Å². The molecule has 96 heavy (non-hydrogen) atoms. The van der Waals surface area contributed by atoms with E-state index in [1.54, 1.807) is 0 Å². The molecule has 6 heterocycles. The second kappa shape index (κ2) is 21.8. The van der Waals surface area contributed by atoms with Gasteiger partial charge in [-0.2, -0.15) is 0 Å². The molecule has 21 rings (SSSR count). The van der Waals surface area contributed by atoms with Crippen LogP contribution in [0.2, 0.25) is 0 Å². The zero-order chi connectivity index (χ0) is 63.0. The van der Waals surface area contributed by atoms with Gasteiger partial charge in [0, 0.05) is 106 Å². The highest BCUT2D eigenvalue weighted by atomic mass is 32.1. The molecule has 0 radical (unpaired) electrons. The van der Waals surface area contributed by atoms with Gasteiger partial charge in [0.25, 0.3) is 0 Å². The first-order valence-electron chi connectivity index (χ1n) is 32.8. The van der Waals surface area contributed by atoms with E-state index in [1.807, 2.05) is 22.7 Å². The van der Waals surface area contributed by atoms with Crippen LogP contribution in [0.1, 0.15) is 0 Å². The van der Waals surface area contributed by atoms with Crippen molar-refractivity contribution in [3.8, 4) is 56.1 Å². The van der Waals surface area contributed by atoms with E-state index in [-0.39, 0.29) is 0 Å². The van der Waals surface area contributed by atoms with Crippen molar-refractivity contribution in [3.63, 3.8) is 0 Å². The minimum atomic E-state index is 1.17. The van der Waals surface area contributed by atoms with Gasteiger partial charge in [-0.05, 0) is 173 Å². The van der Waals surface area contributed by atoms with Gasteiger partial charge in [-0.25, -0.2) is 0 Å². The van der Waals surface area contributed by atoms with E-state index in [0.717, 1.165) is 0 Å². The summed E-state index contributed by atoms with van der Waals surface area (Å²) in [6, 6.07) is 124. The Morgan fingerprint density at radius 3 is 0.656 bits per heavy atom. The predicted molar refractivity (Wildman–Crippen MR) is 412 cm³/mol. The van der Waals surface area contributed by atoms with Gasteiger partial charge in [-0.3, -0.25) is 0 Å². The van der Waals surface area contributed by atoms with Gasteiger partial charge < -0.3 is 18.3 Å². The minimum Gasteiger partial charge on any atom is -0.309 e. The van der Waals surface area contributed by atoms with Crippen LogP contribution >= 0.6 is 22.7 Å². The van der Waals surface area contributed by atoms with Crippen LogP contribution in [0.15, 0.2) is 340 Å². The zero-order valence-corrected chi connectivity index (χ0v) is 53.6. The van der Waals surface area contributed by atoms with E-state index >= 15 is 0 Å². The summed E-state index contributed by atoms with van der Waals surface area (Å²) in [4.78, 5) is 0. The quantitative estimate of drug-likeness (QED) is 0.152. The summed E-state index contributed by atoms with van der Waals surface area (Å²) in [6.45, 7) is 0. The molecule has 0 unspecified atom stereocenters. The van der Waals surface area contributed by atoms with Gasteiger partial charge >= 0.3 is 0 Å². The van der Waals surface area contributed by atoms with Crippen molar-refractivity contribution in [1.82, 2.24) is 18.3 Å². The van der Waals surface area contributed by atoms with E-state index in [0.29, 0.717) is 0 Å². The smallest absolute Gasteiger partial charge is 0.0541 e. The molecule has 0 N–H and O–H groups in total. The fourth-order valence-corrected chi connectivity index (χ4v) is 17.6. The summed E-state index contributed by atoms with van der Waals surface area (Å²) in [5, 5.41) is 15.5. The van der Waals surface area contributed by atoms with Crippen LogP contribution in [0.4, 0.5) is 0 Å². The van der Waals surface area contributed by atoms with Crippen LogP contribution in [0.5, 0.6) is 0 Å². The average molecular weight is 1260 g/mol. The minimum absolute atomic E-state index is 1.17. The Kier molecular flexibility index (Phi) is 12.4. The Balaban J connectivity index is 0.000000132. The SMILES string of the molecule is c1cc(-c2ccc3sc4ccc(-n5c6ccccc6c6ccccc65)cc4c3c2)cc(-n2c3ccccc3c3ccccc32)c1.c1cc(-c2cccc(-n3c4ccccc4c4ccccc43)c2)cc(-c2ccc3sc4ccc(-n5c6ccccc6c6ccccc65)cc4c3c2)c1. The van der Waals surface area contributed by atoms with Gasteiger partial charge in [0.05, 0.1) is 44.1 Å². The third-order valence-corrected chi connectivity index (χ3v) is 22.1. The van der Waals surface area contributed by atoms with Crippen LogP contribution in [0, 0.1) is 0 Å². The molecule has 0 spiro atoms. The van der Waals surface area contributed by atoms with E-state index in [2.05, 4.69) is 358 Å². The molecule has 448 valence electrons. The Labute approximate surface area is 560 Å². The van der Waals surface area contributed by atoms with Crippen LogP contribution in [-0.4, -0.2) is 18.3 Å². The van der Waals surface area contributed by atoms with E-state index in [9.17, 15) is 0 Å². The maximum Gasteiger partial charge on any atom is 0.0541 e. The number of para-hydroxylation sites is 8. The number of fused-ring (bicyclic) bond motifs is 18. The van der Waals surface area contributed by atoms with Crippen molar-refractivity contribution >= 4 is 150 Å². The lowest BCUT2D eigenvalue weighted by molar-refractivity contribution is 1.18. The summed E-state index contributed by atoms with van der Waals surface area (Å²) in [6.07, 6.45) is 0. The molecule has 0 atom stereocenters. The molecule has 0 aliphatic carbocycles. The molecule has 0 saturated heterocycles. The van der Waals surface area contributed by atoms with Gasteiger partial charge in [0.15, 0.2) is 0 Å². The molecular formula is C90H56N4S2. The highest BCUT2D eigenvalue weighted by Gasteiger charge is 2.19. The average Bonchev–Trinajstić information content (AvgIpc) is 1.61. The first-order chi connectivity index (χ1) is 47.6. The molecule has 4 nitrogen and oxygen atoms in total. The van der Waals surface area contributed by atoms with E-state index < -0.39 is 0 Å². The molecule has 6 heteroatoms. The summed E-state index contributed by atoms with van der Waals surface area (Å²) >= 11 is 3.74. The van der Waals surface area contributed by atoms with Crippen molar-refractivity contribution in [2.24, 2.45) is 0 Å². The fraction of sp³-hybridized carbons (Fsp3) is 0. The number of benzene rings is 15. The first-order valence-corrected chi connectivity index (χ1v) is 34.4. The summed E-state index contributed by atoms with van der Waals surface area (Å²) in [7, 11) is 0. The normalized spacial score (nSPS) is 12.0. The lowest BCUT2D eigenvalue weighted by Crippen LogP contribution is -1.94. The standard InChI is InChI=1S/C48H30N2S.C42H26N2S/c1-5-19-43-37(15-1)38-16-2-6-20-44(38)49(43)35-14-10-13-33(28-35)31-11-9-12-32(27-31)34-23-25-47-41(29-34)42-30-36(24-26-48(42)51-47)50-45-21-7-3-17-39(45)40-18-4-8-22-46(40)50;1-5-16-37-31(12-1)32-13-2-6-17-38(32)43(37)29-11-9-10-27(24-29)28-20-22-41-35(25-28)36-26-30(21-23-42(36)45-41)44-39-18-7-3-14-33(39)34-15-4-8-19-40(34)44/h1-30H;1-26H. The molecule has 0 saturated carbocycles. The molecule has 15 aromatic carbocycles. The Bertz CT molecular complexity index is 6520. The molecule has 0 fully saturated rings. The zero-order valence-electron chi connectivity index (χ0n) is 51.9. The Morgan fingerprint density at radius 1 is 0.146 bits per heavy atom. The third-order valence-electron chi connectivity index (χ3n) is 19.8. The van der Waals surface area contributed by atoms with Crippen LogP contribution in [0.25, 0.3) is 184 Å². The summed E-state index contributed by atoms with van der Waals surface area (Å²) in [5.41, 5.74) is 21.9. The van der Waals surface area contributed by atoms with Crippen LogP contribution in [-0.2, 0) is 0 Å². The second-order valence-electron chi connectivity index (χ2n) is 25.1. The summed E-state index contributed by atoms with van der Waals surface area (Å²) in [5.74, 6) is 0. The summed E-state index contributed by atoms with van der Waals surface area (Å²) < 4.78 is 14.8. The third kappa shape index (κ3) is 8.59. The number of rotatable bonds is 7. The maximum absolute atomic E-state index is 2.41. The number of nitrogens with zero attached hydrogens (tertiary/aromatic N) is 4. The lowest BCUT2D eigenvalue weighted by atomic mass is 9.97. The predicted octanol–water partition coefficient (Wildman–Crippen LogP) is 25.5. The largest absolute Gasteiger partial charge is 0.309 e. The molecule has 0 amide bonds. The molecule has 0 bridgehead atoms. The highest BCUT2D eigenvalue weighted by Crippen LogP contribution is 2.44. The van der Waals surface area contributed by atoms with Crippen molar-refractivity contribution in [3.05, 3.63) is 340 Å². The Hall–Kier alpha value is -12.1. The lowest BCUT2D eigenvalue weighted by Gasteiger charge is -2.11. The van der Waals surface area contributed by atoms with Crippen LogP contribution < -0.4 is 0 Å². The number of hydrogen-bond donors (Lipinski definition) is 0. The Morgan fingerprint density at radius 2 is 0.365 bits per heavy atom. The number of hydrogen-bond acceptors (Lipinski definition) is 2. The first kappa shape index (κ1) is 54.5. The number of thiophene rings is 2. The monoisotopic (exact) mass is 1260 g/mol. The molecule has 0 aliphatic heterocycles. The van der Waals surface area contributed by atoms with Gasteiger partial charge in [0.1, 0.15) is 0 Å². The van der Waals surface area contributed by atoms with Crippen molar-refractivity contribution < 1.29 is 0 Å². The van der Waals surface area contributed by atoms with Gasteiger partial charge in [0.2, 0.25) is 0 Å². The van der Waals surface area contributed by atoms with Crippen molar-refractivity contribution in [2.75, 3.05) is 0 Å². The molecule has 6 aromatic heterocycles. The molecular weight excluding hydrogens is 1200 g/mol. The van der Waals surface area contributed by atoms with Crippen LogP contribution in [0.3, 0.4) is 0 Å². The van der Waals surface area contributed by atoms with Gasteiger partial charge in [-0.1, -0.05) is 200 Å². The van der Waals surface area contributed by atoms with E-state index in [4.69, 9.17) is 0 Å². The topological polar surface area (TPSA) is 19.7 Å². The van der Waals surface area contributed by atoms with Crippen molar-refractivity contribution in [2.45, 2.75) is 0 Å². The fourth-order valence-electron chi connectivity index (χ4n) is 15.5.